The highest BCUT2D eigenvalue weighted by atomic mass is 16.1. The zero-order valence-electron chi connectivity index (χ0n) is 10.1. The maximum Gasteiger partial charge on any atom is 0.222 e. The highest BCUT2D eigenvalue weighted by Crippen LogP contribution is 2.05. The van der Waals surface area contributed by atoms with Gasteiger partial charge in [0.15, 0.2) is 0 Å². The van der Waals surface area contributed by atoms with Crippen molar-refractivity contribution in [2.75, 3.05) is 18.4 Å². The Morgan fingerprint density at radius 2 is 2.19 bits per heavy atom. The van der Waals surface area contributed by atoms with Crippen molar-refractivity contribution in [2.45, 2.75) is 20.8 Å². The fraction of sp³-hybridized carbons (Fsp3) is 0.500. The minimum atomic E-state index is 0.0446. The highest BCUT2D eigenvalue weighted by molar-refractivity contribution is 5.77. The van der Waals surface area contributed by atoms with Gasteiger partial charge in [-0.25, -0.2) is 0 Å². The van der Waals surface area contributed by atoms with E-state index in [2.05, 4.69) is 15.6 Å². The van der Waals surface area contributed by atoms with Crippen LogP contribution >= 0.6 is 0 Å². The van der Waals surface area contributed by atoms with E-state index in [0.717, 1.165) is 17.9 Å². The summed E-state index contributed by atoms with van der Waals surface area (Å²) < 4.78 is 0. The van der Waals surface area contributed by atoms with Gasteiger partial charge in [-0.2, -0.15) is 0 Å². The summed E-state index contributed by atoms with van der Waals surface area (Å²) in [6.45, 7) is 7.08. The third-order valence-corrected chi connectivity index (χ3v) is 2.17. The molecule has 0 saturated carbocycles. The van der Waals surface area contributed by atoms with E-state index in [4.69, 9.17) is 0 Å². The van der Waals surface area contributed by atoms with Crippen molar-refractivity contribution in [3.05, 3.63) is 24.0 Å². The lowest BCUT2D eigenvalue weighted by Gasteiger charge is -2.09. The van der Waals surface area contributed by atoms with E-state index >= 15 is 0 Å². The molecule has 0 aliphatic heterocycles. The van der Waals surface area contributed by atoms with Gasteiger partial charge in [0.05, 0.1) is 0 Å². The number of carbonyl (C=O) groups excluding carboxylic acids is 1. The fourth-order valence-corrected chi connectivity index (χ4v) is 1.25. The zero-order valence-corrected chi connectivity index (χ0v) is 10.1. The molecule has 0 spiro atoms. The number of hydrogen-bond acceptors (Lipinski definition) is 3. The van der Waals surface area contributed by atoms with E-state index in [-0.39, 0.29) is 11.8 Å². The number of hydrogen-bond donors (Lipinski definition) is 2. The first kappa shape index (κ1) is 12.5. The average molecular weight is 221 g/mol. The molecule has 0 aromatic carbocycles. The summed E-state index contributed by atoms with van der Waals surface area (Å²) in [5.74, 6) is 0.135. The first-order chi connectivity index (χ1) is 7.59. The molecule has 1 rings (SSSR count). The van der Waals surface area contributed by atoms with Crippen LogP contribution in [0, 0.1) is 12.8 Å². The molecule has 1 heterocycles. The highest BCUT2D eigenvalue weighted by Gasteiger charge is 2.04. The van der Waals surface area contributed by atoms with Gasteiger partial charge in [0.25, 0.3) is 0 Å². The number of carbonyl (C=O) groups is 1. The molecule has 0 unspecified atom stereocenters. The molecule has 0 fully saturated rings. The monoisotopic (exact) mass is 221 g/mol. The van der Waals surface area contributed by atoms with Gasteiger partial charge in [0.1, 0.15) is 0 Å². The van der Waals surface area contributed by atoms with Crippen LogP contribution in [0.4, 0.5) is 5.69 Å². The molecule has 1 amide bonds. The second-order valence-corrected chi connectivity index (χ2v) is 4.06. The molecule has 0 aliphatic rings. The van der Waals surface area contributed by atoms with E-state index in [1.165, 1.54) is 0 Å². The molecule has 88 valence electrons. The van der Waals surface area contributed by atoms with E-state index in [9.17, 15) is 4.79 Å². The van der Waals surface area contributed by atoms with Crippen molar-refractivity contribution in [1.82, 2.24) is 10.3 Å². The van der Waals surface area contributed by atoms with Crippen LogP contribution in [0.2, 0.25) is 0 Å². The van der Waals surface area contributed by atoms with Crippen molar-refractivity contribution in [2.24, 2.45) is 5.92 Å². The molecule has 16 heavy (non-hydrogen) atoms. The number of nitrogens with zero attached hydrogens (tertiary/aromatic N) is 1. The molecule has 0 bridgehead atoms. The minimum Gasteiger partial charge on any atom is -0.383 e. The number of aryl methyl sites for hydroxylation is 1. The lowest BCUT2D eigenvalue weighted by molar-refractivity contribution is -0.123. The van der Waals surface area contributed by atoms with E-state index in [1.54, 1.807) is 6.20 Å². The van der Waals surface area contributed by atoms with Crippen LogP contribution in [0.5, 0.6) is 0 Å². The van der Waals surface area contributed by atoms with Crippen molar-refractivity contribution in [3.63, 3.8) is 0 Å². The van der Waals surface area contributed by atoms with Gasteiger partial charge in [-0.05, 0) is 19.1 Å². The standard InChI is InChI=1S/C12H19N3O/c1-9(2)12(16)15-7-6-14-11-4-5-13-10(3)8-11/h4-5,8-9H,6-7H2,1-3H3,(H,13,14)(H,15,16). The Labute approximate surface area is 96.5 Å². The minimum absolute atomic E-state index is 0.0446. The normalized spacial score (nSPS) is 10.2. The second kappa shape index (κ2) is 6.10. The molecule has 1 aromatic rings. The Hall–Kier alpha value is -1.58. The number of amides is 1. The molecule has 0 atom stereocenters. The predicted molar refractivity (Wildman–Crippen MR) is 65.3 cm³/mol. The van der Waals surface area contributed by atoms with Gasteiger partial charge in [0, 0.05) is 36.6 Å². The van der Waals surface area contributed by atoms with Crippen molar-refractivity contribution >= 4 is 11.6 Å². The lowest BCUT2D eigenvalue weighted by atomic mass is 10.2. The van der Waals surface area contributed by atoms with Gasteiger partial charge >= 0.3 is 0 Å². The van der Waals surface area contributed by atoms with E-state index in [0.29, 0.717) is 6.54 Å². The molecular formula is C12H19N3O. The summed E-state index contributed by atoms with van der Waals surface area (Å²) >= 11 is 0. The topological polar surface area (TPSA) is 54.0 Å². The lowest BCUT2D eigenvalue weighted by Crippen LogP contribution is -2.31. The summed E-state index contributed by atoms with van der Waals surface area (Å²) in [6.07, 6.45) is 1.77. The Kier molecular flexibility index (Phi) is 4.76. The molecule has 4 nitrogen and oxygen atoms in total. The summed E-state index contributed by atoms with van der Waals surface area (Å²) in [5, 5.41) is 6.07. The smallest absolute Gasteiger partial charge is 0.222 e. The van der Waals surface area contributed by atoms with Crippen LogP contribution in [0.1, 0.15) is 19.5 Å². The predicted octanol–water partition coefficient (Wildman–Crippen LogP) is 1.57. The molecule has 4 heteroatoms. The Morgan fingerprint density at radius 3 is 2.81 bits per heavy atom. The van der Waals surface area contributed by atoms with Crippen molar-refractivity contribution in [1.29, 1.82) is 0 Å². The van der Waals surface area contributed by atoms with E-state index in [1.807, 2.05) is 32.9 Å². The Balaban J connectivity index is 2.23. The molecular weight excluding hydrogens is 202 g/mol. The van der Waals surface area contributed by atoms with Crippen LogP contribution < -0.4 is 10.6 Å². The fourth-order valence-electron chi connectivity index (χ4n) is 1.25. The Bertz CT molecular complexity index is 350. The van der Waals surface area contributed by atoms with Gasteiger partial charge < -0.3 is 10.6 Å². The first-order valence-corrected chi connectivity index (χ1v) is 5.54. The largest absolute Gasteiger partial charge is 0.383 e. The molecule has 1 aromatic heterocycles. The number of rotatable bonds is 5. The quantitative estimate of drug-likeness (QED) is 0.742. The number of pyridine rings is 1. The van der Waals surface area contributed by atoms with Gasteiger partial charge in [-0.15, -0.1) is 0 Å². The number of aromatic nitrogens is 1. The van der Waals surface area contributed by atoms with Gasteiger partial charge in [-0.3, -0.25) is 9.78 Å². The summed E-state index contributed by atoms with van der Waals surface area (Å²) in [7, 11) is 0. The summed E-state index contributed by atoms with van der Waals surface area (Å²) in [5.41, 5.74) is 2.02. The zero-order chi connectivity index (χ0) is 12.0. The van der Waals surface area contributed by atoms with E-state index < -0.39 is 0 Å². The van der Waals surface area contributed by atoms with Crippen LogP contribution in [-0.2, 0) is 4.79 Å². The van der Waals surface area contributed by atoms with Gasteiger partial charge in [-0.1, -0.05) is 13.8 Å². The third kappa shape index (κ3) is 4.29. The molecule has 0 radical (unpaired) electrons. The maximum absolute atomic E-state index is 11.3. The first-order valence-electron chi connectivity index (χ1n) is 5.54. The average Bonchev–Trinajstić information content (AvgIpc) is 2.24. The van der Waals surface area contributed by atoms with Crippen molar-refractivity contribution < 1.29 is 4.79 Å². The number of anilines is 1. The van der Waals surface area contributed by atoms with Crippen LogP contribution in [0.15, 0.2) is 18.3 Å². The molecule has 0 aliphatic carbocycles. The van der Waals surface area contributed by atoms with Crippen LogP contribution in [0.3, 0.4) is 0 Å². The number of nitrogens with one attached hydrogen (secondary N) is 2. The van der Waals surface area contributed by atoms with Crippen LogP contribution in [-0.4, -0.2) is 24.0 Å². The summed E-state index contributed by atoms with van der Waals surface area (Å²) in [4.78, 5) is 15.4. The molecule has 0 saturated heterocycles. The molecule has 2 N–H and O–H groups in total. The second-order valence-electron chi connectivity index (χ2n) is 4.06. The third-order valence-electron chi connectivity index (χ3n) is 2.17. The maximum atomic E-state index is 11.3. The van der Waals surface area contributed by atoms with Crippen molar-refractivity contribution in [3.8, 4) is 0 Å². The van der Waals surface area contributed by atoms with Gasteiger partial charge in [0.2, 0.25) is 5.91 Å². The Morgan fingerprint density at radius 1 is 1.44 bits per heavy atom. The SMILES string of the molecule is Cc1cc(NCCNC(=O)C(C)C)ccn1. The van der Waals surface area contributed by atoms with Crippen LogP contribution in [0.25, 0.3) is 0 Å². The summed E-state index contributed by atoms with van der Waals surface area (Å²) in [6, 6.07) is 3.89.